The van der Waals surface area contributed by atoms with Crippen LogP contribution in [0.25, 0.3) is 0 Å². The molecule has 3 nitrogen and oxygen atoms in total. The molecule has 0 radical (unpaired) electrons. The number of pyridine rings is 1. The highest BCUT2D eigenvalue weighted by Gasteiger charge is 2.08. The van der Waals surface area contributed by atoms with E-state index in [1.165, 1.54) is 4.90 Å². The number of alkyl halides is 2. The van der Waals surface area contributed by atoms with Crippen molar-refractivity contribution in [1.82, 2.24) is 4.98 Å². The fraction of sp³-hybridized carbons (Fsp3) is 0.444. The predicted molar refractivity (Wildman–Crippen MR) is 51.4 cm³/mol. The third kappa shape index (κ3) is 2.92. The van der Waals surface area contributed by atoms with Gasteiger partial charge in [0, 0.05) is 19.8 Å². The van der Waals surface area contributed by atoms with Crippen molar-refractivity contribution in [3.05, 3.63) is 23.9 Å². The summed E-state index contributed by atoms with van der Waals surface area (Å²) in [5, 5.41) is 0. The Labute approximate surface area is 81.5 Å². The Balaban J connectivity index is 2.66. The van der Waals surface area contributed by atoms with Crippen LogP contribution in [-0.2, 0) is 6.54 Å². The van der Waals surface area contributed by atoms with Crippen LogP contribution in [0, 0.1) is 0 Å². The van der Waals surface area contributed by atoms with Crippen LogP contribution < -0.4 is 10.6 Å². The van der Waals surface area contributed by atoms with E-state index in [1.807, 2.05) is 0 Å². The van der Waals surface area contributed by atoms with Crippen LogP contribution in [0.3, 0.4) is 0 Å². The van der Waals surface area contributed by atoms with E-state index in [-0.39, 0.29) is 6.54 Å². The molecule has 0 aliphatic carbocycles. The van der Waals surface area contributed by atoms with Crippen LogP contribution in [-0.4, -0.2) is 25.0 Å². The topological polar surface area (TPSA) is 42.1 Å². The minimum atomic E-state index is -2.35. The van der Waals surface area contributed by atoms with Crippen molar-refractivity contribution in [2.24, 2.45) is 5.73 Å². The first kappa shape index (κ1) is 10.8. The molecule has 0 saturated carbocycles. The third-order valence-electron chi connectivity index (χ3n) is 1.85. The number of halogens is 2. The average Bonchev–Trinajstić information content (AvgIpc) is 2.17. The Kier molecular flexibility index (Phi) is 3.76. The predicted octanol–water partition coefficient (Wildman–Crippen LogP) is 1.24. The van der Waals surface area contributed by atoms with Crippen molar-refractivity contribution in [3.63, 3.8) is 0 Å². The maximum absolute atomic E-state index is 12.0. The number of nitrogens with zero attached hydrogens (tertiary/aromatic N) is 2. The lowest BCUT2D eigenvalue weighted by Crippen LogP contribution is -2.24. The molecule has 1 aromatic heterocycles. The lowest BCUT2D eigenvalue weighted by atomic mass is 10.3. The fourth-order valence-electron chi connectivity index (χ4n) is 1.06. The number of rotatable bonds is 4. The van der Waals surface area contributed by atoms with Gasteiger partial charge in [-0.2, -0.15) is 0 Å². The molecule has 1 aromatic rings. The zero-order valence-corrected chi connectivity index (χ0v) is 7.95. The number of nitrogens with two attached hydrogens (primary N) is 1. The highest BCUT2D eigenvalue weighted by atomic mass is 19.3. The second-order valence-electron chi connectivity index (χ2n) is 3.00. The molecule has 0 bridgehead atoms. The molecule has 78 valence electrons. The third-order valence-corrected chi connectivity index (χ3v) is 1.85. The van der Waals surface area contributed by atoms with Gasteiger partial charge >= 0.3 is 0 Å². The molecule has 0 amide bonds. The number of hydrogen-bond donors (Lipinski definition) is 1. The Bertz CT molecular complexity index is 274. The van der Waals surface area contributed by atoms with Gasteiger partial charge in [-0.1, -0.05) is 6.07 Å². The molecule has 0 atom stereocenters. The summed E-state index contributed by atoms with van der Waals surface area (Å²) in [4.78, 5) is 5.42. The van der Waals surface area contributed by atoms with Crippen LogP contribution in [0.4, 0.5) is 14.6 Å². The highest BCUT2D eigenvalue weighted by molar-refractivity contribution is 5.38. The standard InChI is InChI=1S/C9H13F2N3/c1-14(6-8(10)11)9-3-2-7(4-12)5-13-9/h2-3,5,8H,4,6,12H2,1H3. The molecule has 0 aliphatic heterocycles. The Hall–Kier alpha value is -1.23. The van der Waals surface area contributed by atoms with E-state index >= 15 is 0 Å². The van der Waals surface area contributed by atoms with Crippen LogP contribution in [0.15, 0.2) is 18.3 Å². The Morgan fingerprint density at radius 2 is 2.21 bits per heavy atom. The SMILES string of the molecule is CN(CC(F)F)c1ccc(CN)cn1. The van der Waals surface area contributed by atoms with E-state index < -0.39 is 6.43 Å². The van der Waals surface area contributed by atoms with Gasteiger partial charge in [0.15, 0.2) is 0 Å². The first-order valence-corrected chi connectivity index (χ1v) is 4.27. The minimum Gasteiger partial charge on any atom is -0.354 e. The van der Waals surface area contributed by atoms with Crippen LogP contribution in [0.2, 0.25) is 0 Å². The van der Waals surface area contributed by atoms with Gasteiger partial charge in [-0.25, -0.2) is 13.8 Å². The zero-order chi connectivity index (χ0) is 10.6. The molecule has 0 aliphatic rings. The van der Waals surface area contributed by atoms with Gasteiger partial charge in [-0.15, -0.1) is 0 Å². The summed E-state index contributed by atoms with van der Waals surface area (Å²) in [6, 6.07) is 3.47. The summed E-state index contributed by atoms with van der Waals surface area (Å²) in [7, 11) is 1.58. The van der Waals surface area contributed by atoms with E-state index in [2.05, 4.69) is 4.98 Å². The smallest absolute Gasteiger partial charge is 0.255 e. The lowest BCUT2D eigenvalue weighted by Gasteiger charge is -2.17. The summed E-state index contributed by atoms with van der Waals surface area (Å²) >= 11 is 0. The van der Waals surface area contributed by atoms with Crippen molar-refractivity contribution in [1.29, 1.82) is 0 Å². The molecule has 0 spiro atoms. The quantitative estimate of drug-likeness (QED) is 0.797. The van der Waals surface area contributed by atoms with E-state index in [1.54, 1.807) is 25.4 Å². The van der Waals surface area contributed by atoms with Crippen molar-refractivity contribution in [2.75, 3.05) is 18.5 Å². The maximum atomic E-state index is 12.0. The molecular formula is C9H13F2N3. The highest BCUT2D eigenvalue weighted by Crippen LogP contribution is 2.10. The summed E-state index contributed by atoms with van der Waals surface area (Å²) in [5.41, 5.74) is 6.27. The summed E-state index contributed by atoms with van der Waals surface area (Å²) in [6.07, 6.45) is -0.756. The molecule has 14 heavy (non-hydrogen) atoms. The van der Waals surface area contributed by atoms with Crippen molar-refractivity contribution in [2.45, 2.75) is 13.0 Å². The number of hydrogen-bond acceptors (Lipinski definition) is 3. The zero-order valence-electron chi connectivity index (χ0n) is 7.95. The van der Waals surface area contributed by atoms with Crippen molar-refractivity contribution in [3.8, 4) is 0 Å². The van der Waals surface area contributed by atoms with Gasteiger partial charge in [0.05, 0.1) is 6.54 Å². The summed E-state index contributed by atoms with van der Waals surface area (Å²) < 4.78 is 24.1. The van der Waals surface area contributed by atoms with E-state index in [0.29, 0.717) is 12.4 Å². The second-order valence-corrected chi connectivity index (χ2v) is 3.00. The van der Waals surface area contributed by atoms with Crippen molar-refractivity contribution >= 4 is 5.82 Å². The minimum absolute atomic E-state index is 0.311. The Morgan fingerprint density at radius 3 is 2.64 bits per heavy atom. The van der Waals surface area contributed by atoms with E-state index in [9.17, 15) is 8.78 Å². The van der Waals surface area contributed by atoms with Crippen LogP contribution in [0.5, 0.6) is 0 Å². The van der Waals surface area contributed by atoms with Gasteiger partial charge in [-0.05, 0) is 11.6 Å². The second kappa shape index (κ2) is 4.85. The average molecular weight is 201 g/mol. The number of anilines is 1. The van der Waals surface area contributed by atoms with Gasteiger partial charge in [-0.3, -0.25) is 0 Å². The molecule has 0 aromatic carbocycles. The molecular weight excluding hydrogens is 188 g/mol. The van der Waals surface area contributed by atoms with Crippen LogP contribution in [0.1, 0.15) is 5.56 Å². The molecule has 0 unspecified atom stereocenters. The monoisotopic (exact) mass is 201 g/mol. The van der Waals surface area contributed by atoms with E-state index in [0.717, 1.165) is 5.56 Å². The molecule has 0 saturated heterocycles. The normalized spacial score (nSPS) is 10.6. The van der Waals surface area contributed by atoms with E-state index in [4.69, 9.17) is 5.73 Å². The lowest BCUT2D eigenvalue weighted by molar-refractivity contribution is 0.156. The molecule has 2 N–H and O–H groups in total. The largest absolute Gasteiger partial charge is 0.354 e. The maximum Gasteiger partial charge on any atom is 0.255 e. The van der Waals surface area contributed by atoms with Gasteiger partial charge in [0.2, 0.25) is 0 Å². The molecule has 1 rings (SSSR count). The fourth-order valence-corrected chi connectivity index (χ4v) is 1.06. The van der Waals surface area contributed by atoms with Gasteiger partial charge < -0.3 is 10.6 Å². The molecule has 5 heteroatoms. The van der Waals surface area contributed by atoms with Crippen molar-refractivity contribution < 1.29 is 8.78 Å². The van der Waals surface area contributed by atoms with Gasteiger partial charge in [0.25, 0.3) is 6.43 Å². The van der Waals surface area contributed by atoms with Gasteiger partial charge in [0.1, 0.15) is 5.82 Å². The first-order chi connectivity index (χ1) is 6.63. The van der Waals surface area contributed by atoms with Crippen LogP contribution >= 0.6 is 0 Å². The molecule has 1 heterocycles. The first-order valence-electron chi connectivity index (χ1n) is 4.27. The summed E-state index contributed by atoms with van der Waals surface area (Å²) in [6.45, 7) is 0.0980. The molecule has 0 fully saturated rings. The summed E-state index contributed by atoms with van der Waals surface area (Å²) in [5.74, 6) is 0.530. The Morgan fingerprint density at radius 1 is 1.50 bits per heavy atom. The number of aromatic nitrogens is 1.